The molecule has 0 saturated carbocycles. The molecule has 0 aliphatic heterocycles. The van der Waals surface area contributed by atoms with Gasteiger partial charge in [-0.1, -0.05) is 27.7 Å². The summed E-state index contributed by atoms with van der Waals surface area (Å²) in [5, 5.41) is 0. The van der Waals surface area contributed by atoms with Gasteiger partial charge in [0.25, 0.3) is 0 Å². The molecule has 0 heterocycles. The van der Waals surface area contributed by atoms with Crippen molar-refractivity contribution in [2.24, 2.45) is 0 Å². The van der Waals surface area contributed by atoms with E-state index in [-0.39, 0.29) is 0 Å². The fraction of sp³-hybridized carbons (Fsp3) is 0.571. The highest BCUT2D eigenvalue weighted by Gasteiger charge is 2.15. The summed E-state index contributed by atoms with van der Waals surface area (Å²) in [6.45, 7) is 8.70. The minimum atomic E-state index is 0.457. The number of ether oxygens (including phenoxy) is 2. The summed E-state index contributed by atoms with van der Waals surface area (Å²) in [6.07, 6.45) is 0. The van der Waals surface area contributed by atoms with E-state index in [0.29, 0.717) is 11.8 Å². The summed E-state index contributed by atoms with van der Waals surface area (Å²) >= 11 is 0. The van der Waals surface area contributed by atoms with E-state index in [9.17, 15) is 0 Å². The van der Waals surface area contributed by atoms with Crippen LogP contribution in [0.1, 0.15) is 50.7 Å². The maximum absolute atomic E-state index is 5.40. The Bertz CT molecular complexity index is 323. The first kappa shape index (κ1) is 12.9. The third-order valence-corrected chi connectivity index (χ3v) is 2.83. The van der Waals surface area contributed by atoms with Crippen molar-refractivity contribution in [3.05, 3.63) is 23.3 Å². The van der Waals surface area contributed by atoms with Crippen LogP contribution in [0.25, 0.3) is 0 Å². The van der Waals surface area contributed by atoms with E-state index < -0.39 is 0 Å². The maximum Gasteiger partial charge on any atom is 0.126 e. The Morgan fingerprint density at radius 3 is 1.38 bits per heavy atom. The van der Waals surface area contributed by atoms with Crippen molar-refractivity contribution in [3.63, 3.8) is 0 Å². The first-order valence-corrected chi connectivity index (χ1v) is 5.77. The summed E-state index contributed by atoms with van der Waals surface area (Å²) in [4.78, 5) is 0. The highest BCUT2D eigenvalue weighted by atomic mass is 16.5. The number of benzene rings is 1. The molecule has 0 spiro atoms. The summed E-state index contributed by atoms with van der Waals surface area (Å²) in [5.41, 5.74) is 2.49. The lowest BCUT2D eigenvalue weighted by Crippen LogP contribution is -2.01. The molecule has 0 fully saturated rings. The van der Waals surface area contributed by atoms with E-state index in [2.05, 4.69) is 33.8 Å². The molecule has 1 aromatic rings. The molecule has 2 heteroatoms. The third kappa shape index (κ3) is 2.49. The molecule has 0 aromatic heterocycles. The Labute approximate surface area is 98.6 Å². The minimum Gasteiger partial charge on any atom is -0.496 e. The van der Waals surface area contributed by atoms with Crippen molar-refractivity contribution >= 4 is 0 Å². The molecule has 90 valence electrons. The zero-order valence-corrected chi connectivity index (χ0v) is 11.1. The molecule has 0 amide bonds. The largest absolute Gasteiger partial charge is 0.496 e. The molecular formula is C14H22O2. The number of methoxy groups -OCH3 is 2. The molecule has 0 radical (unpaired) electrons. The van der Waals surface area contributed by atoms with E-state index in [0.717, 1.165) is 11.5 Å². The van der Waals surface area contributed by atoms with Gasteiger partial charge in [0, 0.05) is 6.07 Å². The van der Waals surface area contributed by atoms with Crippen LogP contribution in [-0.4, -0.2) is 14.2 Å². The Kier molecular flexibility index (Phi) is 4.22. The van der Waals surface area contributed by atoms with E-state index in [1.54, 1.807) is 14.2 Å². The van der Waals surface area contributed by atoms with Crippen LogP contribution in [0.5, 0.6) is 11.5 Å². The van der Waals surface area contributed by atoms with Crippen LogP contribution in [0.15, 0.2) is 12.1 Å². The van der Waals surface area contributed by atoms with Gasteiger partial charge in [-0.3, -0.25) is 0 Å². The standard InChI is InChI=1S/C14H22O2/c1-9(2)11-7-12(10(3)4)14(16-6)8-13(11)15-5/h7-10H,1-6H3. The Morgan fingerprint density at radius 1 is 0.750 bits per heavy atom. The minimum absolute atomic E-state index is 0.457. The van der Waals surface area contributed by atoms with Crippen LogP contribution >= 0.6 is 0 Å². The summed E-state index contributed by atoms with van der Waals surface area (Å²) in [6, 6.07) is 4.19. The molecule has 1 aromatic carbocycles. The van der Waals surface area contributed by atoms with E-state index in [1.165, 1.54) is 11.1 Å². The van der Waals surface area contributed by atoms with E-state index in [4.69, 9.17) is 9.47 Å². The van der Waals surface area contributed by atoms with Gasteiger partial charge in [-0.15, -0.1) is 0 Å². The Hall–Kier alpha value is -1.18. The fourth-order valence-corrected chi connectivity index (χ4v) is 1.85. The van der Waals surface area contributed by atoms with Gasteiger partial charge in [-0.05, 0) is 29.0 Å². The van der Waals surface area contributed by atoms with Crippen molar-refractivity contribution in [2.75, 3.05) is 14.2 Å². The molecule has 0 N–H and O–H groups in total. The molecule has 0 aliphatic rings. The lowest BCUT2D eigenvalue weighted by atomic mass is 9.94. The first-order valence-electron chi connectivity index (χ1n) is 5.77. The van der Waals surface area contributed by atoms with Gasteiger partial charge in [0.1, 0.15) is 11.5 Å². The van der Waals surface area contributed by atoms with Gasteiger partial charge in [-0.25, -0.2) is 0 Å². The number of rotatable bonds is 4. The predicted molar refractivity (Wildman–Crippen MR) is 67.7 cm³/mol. The molecule has 0 saturated heterocycles. The number of hydrogen-bond acceptors (Lipinski definition) is 2. The lowest BCUT2D eigenvalue weighted by Gasteiger charge is -2.18. The molecule has 0 aliphatic carbocycles. The molecular weight excluding hydrogens is 200 g/mol. The van der Waals surface area contributed by atoms with Gasteiger partial charge in [0.2, 0.25) is 0 Å². The average Bonchev–Trinajstić information content (AvgIpc) is 2.26. The van der Waals surface area contributed by atoms with Gasteiger partial charge in [-0.2, -0.15) is 0 Å². The number of hydrogen-bond donors (Lipinski definition) is 0. The first-order chi connectivity index (χ1) is 7.51. The fourth-order valence-electron chi connectivity index (χ4n) is 1.85. The molecule has 0 bridgehead atoms. The van der Waals surface area contributed by atoms with Crippen molar-refractivity contribution in [3.8, 4) is 11.5 Å². The van der Waals surface area contributed by atoms with Gasteiger partial charge >= 0.3 is 0 Å². The summed E-state index contributed by atoms with van der Waals surface area (Å²) < 4.78 is 10.8. The highest BCUT2D eigenvalue weighted by Crippen LogP contribution is 2.36. The molecule has 0 unspecified atom stereocenters. The zero-order chi connectivity index (χ0) is 12.3. The predicted octanol–water partition coefficient (Wildman–Crippen LogP) is 3.95. The third-order valence-electron chi connectivity index (χ3n) is 2.83. The zero-order valence-electron chi connectivity index (χ0n) is 11.1. The van der Waals surface area contributed by atoms with Crippen LogP contribution in [0.4, 0.5) is 0 Å². The average molecular weight is 222 g/mol. The smallest absolute Gasteiger partial charge is 0.126 e. The summed E-state index contributed by atoms with van der Waals surface area (Å²) in [7, 11) is 3.41. The van der Waals surface area contributed by atoms with Crippen molar-refractivity contribution < 1.29 is 9.47 Å². The maximum atomic E-state index is 5.40. The highest BCUT2D eigenvalue weighted by molar-refractivity contribution is 5.49. The normalized spacial score (nSPS) is 11.0. The molecule has 16 heavy (non-hydrogen) atoms. The monoisotopic (exact) mass is 222 g/mol. The Morgan fingerprint density at radius 2 is 1.12 bits per heavy atom. The van der Waals surface area contributed by atoms with Crippen LogP contribution in [0.2, 0.25) is 0 Å². The second kappa shape index (κ2) is 5.24. The second-order valence-corrected chi connectivity index (χ2v) is 4.65. The SMILES string of the molecule is COc1cc(OC)c(C(C)C)cc1C(C)C. The van der Waals surface area contributed by atoms with Crippen LogP contribution < -0.4 is 9.47 Å². The second-order valence-electron chi connectivity index (χ2n) is 4.65. The van der Waals surface area contributed by atoms with Crippen LogP contribution in [0.3, 0.4) is 0 Å². The van der Waals surface area contributed by atoms with E-state index in [1.807, 2.05) is 6.07 Å². The van der Waals surface area contributed by atoms with Crippen molar-refractivity contribution in [2.45, 2.75) is 39.5 Å². The van der Waals surface area contributed by atoms with Gasteiger partial charge in [0.05, 0.1) is 14.2 Å². The van der Waals surface area contributed by atoms with Gasteiger partial charge < -0.3 is 9.47 Å². The van der Waals surface area contributed by atoms with Crippen LogP contribution in [0, 0.1) is 0 Å². The van der Waals surface area contributed by atoms with Crippen molar-refractivity contribution in [1.29, 1.82) is 0 Å². The molecule has 1 rings (SSSR count). The van der Waals surface area contributed by atoms with Crippen LogP contribution in [-0.2, 0) is 0 Å². The molecule has 2 nitrogen and oxygen atoms in total. The van der Waals surface area contributed by atoms with Crippen molar-refractivity contribution in [1.82, 2.24) is 0 Å². The molecule has 0 atom stereocenters. The van der Waals surface area contributed by atoms with E-state index >= 15 is 0 Å². The summed E-state index contributed by atoms with van der Waals surface area (Å²) in [5.74, 6) is 2.74. The quantitative estimate of drug-likeness (QED) is 0.768. The van der Waals surface area contributed by atoms with Gasteiger partial charge in [0.15, 0.2) is 0 Å². The Balaban J connectivity index is 3.35. The topological polar surface area (TPSA) is 18.5 Å². The lowest BCUT2D eigenvalue weighted by molar-refractivity contribution is 0.385.